The number of carboxylic acid groups (broad SMARTS) is 1. The van der Waals surface area contributed by atoms with Crippen molar-refractivity contribution in [3.05, 3.63) is 120 Å². The van der Waals surface area contributed by atoms with Crippen LogP contribution in [0.2, 0.25) is 0 Å². The first-order valence-corrected chi connectivity index (χ1v) is 10.6. The Hall–Kier alpha value is -3.59. The van der Waals surface area contributed by atoms with Crippen molar-refractivity contribution in [1.82, 2.24) is 4.57 Å². The average molecular weight is 412 g/mol. The molecule has 158 valence electrons. The minimum atomic E-state index is -0.778. The lowest BCUT2D eigenvalue weighted by Crippen LogP contribution is -2.06. The van der Waals surface area contributed by atoms with Gasteiger partial charge in [0, 0.05) is 17.8 Å². The Bertz CT molecular complexity index is 1090. The summed E-state index contributed by atoms with van der Waals surface area (Å²) in [4.78, 5) is 11.0. The van der Waals surface area contributed by atoms with E-state index < -0.39 is 5.97 Å². The van der Waals surface area contributed by atoms with Gasteiger partial charge in [-0.05, 0) is 67.2 Å². The normalized spacial score (nSPS) is 11.7. The Morgan fingerprint density at radius 2 is 1.74 bits per heavy atom. The van der Waals surface area contributed by atoms with Crippen molar-refractivity contribution in [2.45, 2.75) is 32.6 Å². The molecule has 1 heterocycles. The molecule has 0 aliphatic rings. The van der Waals surface area contributed by atoms with Crippen LogP contribution in [0.5, 0.6) is 0 Å². The molecule has 0 saturated carbocycles. The van der Waals surface area contributed by atoms with E-state index in [9.17, 15) is 4.79 Å². The minimum absolute atomic E-state index is 0.128. The van der Waals surface area contributed by atoms with Crippen LogP contribution in [0.1, 0.15) is 35.9 Å². The number of benzene rings is 2. The number of rotatable bonds is 10. The number of aliphatic carboxylic acids is 1. The first kappa shape index (κ1) is 22.1. The summed E-state index contributed by atoms with van der Waals surface area (Å²) < 4.78 is 2.28. The molecule has 0 unspecified atom stereocenters. The molecule has 1 N–H and O–H groups in total. The summed E-state index contributed by atoms with van der Waals surface area (Å²) in [5.41, 5.74) is 6.77. The Kier molecular flexibility index (Phi) is 7.83. The first-order chi connectivity index (χ1) is 15.1. The van der Waals surface area contributed by atoms with E-state index in [1.165, 1.54) is 11.3 Å². The molecule has 3 heteroatoms. The highest BCUT2D eigenvalue weighted by molar-refractivity contribution is 5.75. The monoisotopic (exact) mass is 411 g/mol. The van der Waals surface area contributed by atoms with Crippen molar-refractivity contribution >= 4 is 11.5 Å². The quantitative estimate of drug-likeness (QED) is 0.391. The lowest BCUT2D eigenvalue weighted by atomic mass is 10.1. The van der Waals surface area contributed by atoms with Gasteiger partial charge in [-0.1, -0.05) is 73.3 Å². The Balaban J connectivity index is 2.03. The van der Waals surface area contributed by atoms with Gasteiger partial charge in [0.05, 0.1) is 5.69 Å². The maximum Gasteiger partial charge on any atom is 0.303 e. The van der Waals surface area contributed by atoms with Gasteiger partial charge in [-0.3, -0.25) is 4.79 Å². The molecule has 0 spiro atoms. The topological polar surface area (TPSA) is 42.2 Å². The average Bonchev–Trinajstić information content (AvgIpc) is 3.21. The maximum absolute atomic E-state index is 11.0. The number of aryl methyl sites for hydroxylation is 3. The fourth-order valence-electron chi connectivity index (χ4n) is 3.76. The SMILES string of the molecule is C=C/C=C(\C=C/C)c1ccc(CCc2ccccc2)n1-c1cccc(CCC(=O)O)c1. The zero-order valence-electron chi connectivity index (χ0n) is 18.0. The van der Waals surface area contributed by atoms with E-state index in [1.807, 2.05) is 37.3 Å². The second-order valence-corrected chi connectivity index (χ2v) is 7.45. The molecule has 0 aliphatic carbocycles. The second-order valence-electron chi connectivity index (χ2n) is 7.45. The summed E-state index contributed by atoms with van der Waals surface area (Å²) in [7, 11) is 0. The van der Waals surface area contributed by atoms with E-state index in [0.717, 1.165) is 35.4 Å². The van der Waals surface area contributed by atoms with Crippen LogP contribution in [0.3, 0.4) is 0 Å². The van der Waals surface area contributed by atoms with E-state index >= 15 is 0 Å². The summed E-state index contributed by atoms with van der Waals surface area (Å²) in [5.74, 6) is -0.778. The molecular formula is C28H29NO2. The lowest BCUT2D eigenvalue weighted by Gasteiger charge is -2.16. The van der Waals surface area contributed by atoms with Gasteiger partial charge in [-0.25, -0.2) is 0 Å². The molecule has 0 aliphatic heterocycles. The number of aromatic nitrogens is 1. The minimum Gasteiger partial charge on any atom is -0.481 e. The van der Waals surface area contributed by atoms with Crippen LogP contribution in [0.25, 0.3) is 11.3 Å². The van der Waals surface area contributed by atoms with Crippen LogP contribution in [0.15, 0.2) is 97.6 Å². The number of allylic oxidation sites excluding steroid dienone is 5. The van der Waals surface area contributed by atoms with Crippen LogP contribution in [-0.2, 0) is 24.1 Å². The highest BCUT2D eigenvalue weighted by Crippen LogP contribution is 2.26. The van der Waals surface area contributed by atoms with E-state index in [1.54, 1.807) is 6.08 Å². The zero-order chi connectivity index (χ0) is 22.1. The zero-order valence-corrected chi connectivity index (χ0v) is 18.0. The fourth-order valence-corrected chi connectivity index (χ4v) is 3.76. The third-order valence-corrected chi connectivity index (χ3v) is 5.21. The van der Waals surface area contributed by atoms with Crippen molar-refractivity contribution in [3.63, 3.8) is 0 Å². The van der Waals surface area contributed by atoms with Gasteiger partial charge in [0.2, 0.25) is 0 Å². The van der Waals surface area contributed by atoms with Gasteiger partial charge in [0.25, 0.3) is 0 Å². The van der Waals surface area contributed by atoms with Crippen molar-refractivity contribution in [1.29, 1.82) is 0 Å². The molecule has 3 aromatic rings. The molecule has 0 saturated heterocycles. The molecule has 0 bridgehead atoms. The van der Waals surface area contributed by atoms with Crippen molar-refractivity contribution in [2.24, 2.45) is 0 Å². The standard InChI is InChI=1S/C28H29NO2/c1-3-9-24(10-4-2)27-19-18-25(17-15-22-11-6-5-7-12-22)29(27)26-14-8-13-23(21-26)16-20-28(30)31/h3-14,18-19,21H,1,15-17,20H2,2H3,(H,30,31)/b10-4-,24-9+. The van der Waals surface area contributed by atoms with Crippen molar-refractivity contribution in [3.8, 4) is 5.69 Å². The number of hydrogen-bond donors (Lipinski definition) is 1. The number of nitrogens with zero attached hydrogens (tertiary/aromatic N) is 1. The van der Waals surface area contributed by atoms with Crippen LogP contribution < -0.4 is 0 Å². The van der Waals surface area contributed by atoms with E-state index in [2.05, 4.69) is 65.8 Å². The molecule has 1 aromatic heterocycles. The number of hydrogen-bond acceptors (Lipinski definition) is 1. The molecule has 0 fully saturated rings. The van der Waals surface area contributed by atoms with Crippen LogP contribution >= 0.6 is 0 Å². The highest BCUT2D eigenvalue weighted by Gasteiger charge is 2.13. The smallest absolute Gasteiger partial charge is 0.303 e. The fraction of sp³-hybridized carbons (Fsp3) is 0.179. The summed E-state index contributed by atoms with van der Waals surface area (Å²) in [5, 5.41) is 9.06. The Morgan fingerprint density at radius 1 is 0.968 bits per heavy atom. The van der Waals surface area contributed by atoms with Gasteiger partial charge in [-0.2, -0.15) is 0 Å². The lowest BCUT2D eigenvalue weighted by molar-refractivity contribution is -0.136. The largest absolute Gasteiger partial charge is 0.481 e. The van der Waals surface area contributed by atoms with Crippen molar-refractivity contribution in [2.75, 3.05) is 0 Å². The van der Waals surface area contributed by atoms with Crippen molar-refractivity contribution < 1.29 is 9.90 Å². The third-order valence-electron chi connectivity index (χ3n) is 5.21. The Labute approximate surface area is 184 Å². The number of carbonyl (C=O) groups is 1. The van der Waals surface area contributed by atoms with Crippen LogP contribution in [-0.4, -0.2) is 15.6 Å². The summed E-state index contributed by atoms with van der Waals surface area (Å²) in [6.45, 7) is 5.88. The molecule has 0 radical (unpaired) electrons. The highest BCUT2D eigenvalue weighted by atomic mass is 16.4. The van der Waals surface area contributed by atoms with E-state index in [4.69, 9.17) is 5.11 Å². The molecule has 0 atom stereocenters. The predicted molar refractivity (Wildman–Crippen MR) is 129 cm³/mol. The molecule has 2 aromatic carbocycles. The first-order valence-electron chi connectivity index (χ1n) is 10.6. The van der Waals surface area contributed by atoms with Gasteiger partial charge in [0.1, 0.15) is 0 Å². The van der Waals surface area contributed by atoms with Gasteiger partial charge in [0.15, 0.2) is 0 Å². The van der Waals surface area contributed by atoms with Gasteiger partial charge >= 0.3 is 5.97 Å². The molecular weight excluding hydrogens is 382 g/mol. The second kappa shape index (κ2) is 11.0. The van der Waals surface area contributed by atoms with Gasteiger partial charge in [-0.15, -0.1) is 0 Å². The number of carboxylic acids is 1. The molecule has 3 nitrogen and oxygen atoms in total. The van der Waals surface area contributed by atoms with E-state index in [-0.39, 0.29) is 6.42 Å². The maximum atomic E-state index is 11.0. The van der Waals surface area contributed by atoms with Gasteiger partial charge < -0.3 is 9.67 Å². The predicted octanol–water partition coefficient (Wildman–Crippen LogP) is 6.43. The van der Waals surface area contributed by atoms with Crippen LogP contribution in [0, 0.1) is 0 Å². The van der Waals surface area contributed by atoms with E-state index in [0.29, 0.717) is 6.42 Å². The molecule has 3 rings (SSSR count). The molecule has 31 heavy (non-hydrogen) atoms. The summed E-state index contributed by atoms with van der Waals surface area (Å²) >= 11 is 0. The summed E-state index contributed by atoms with van der Waals surface area (Å²) in [6, 6.07) is 23.0. The third kappa shape index (κ3) is 5.95. The van der Waals surface area contributed by atoms with Crippen LogP contribution in [0.4, 0.5) is 0 Å². The molecule has 0 amide bonds. The summed E-state index contributed by atoms with van der Waals surface area (Å²) in [6.07, 6.45) is 10.4. The Morgan fingerprint density at radius 3 is 2.45 bits per heavy atom.